The van der Waals surface area contributed by atoms with Crippen LogP contribution in [0.15, 0.2) is 18.2 Å². The van der Waals surface area contributed by atoms with E-state index in [9.17, 15) is 0 Å². The van der Waals surface area contributed by atoms with Gasteiger partial charge < -0.3 is 10.1 Å². The average molecular weight is 245 g/mol. The summed E-state index contributed by atoms with van der Waals surface area (Å²) in [6.45, 7) is 6.62. The second-order valence-electron chi connectivity index (χ2n) is 6.41. The summed E-state index contributed by atoms with van der Waals surface area (Å²) in [4.78, 5) is 0. The Bertz CT molecular complexity index is 443. The Hall–Kier alpha value is -1.18. The van der Waals surface area contributed by atoms with E-state index in [1.807, 2.05) is 0 Å². The molecular weight excluding hydrogens is 222 g/mol. The van der Waals surface area contributed by atoms with Crippen LogP contribution in [0.2, 0.25) is 0 Å². The molecule has 0 bridgehead atoms. The van der Waals surface area contributed by atoms with Crippen LogP contribution in [0.1, 0.15) is 38.7 Å². The Morgan fingerprint density at radius 3 is 3.11 bits per heavy atom. The number of benzene rings is 1. The van der Waals surface area contributed by atoms with Gasteiger partial charge in [-0.3, -0.25) is 0 Å². The van der Waals surface area contributed by atoms with E-state index < -0.39 is 0 Å². The summed E-state index contributed by atoms with van der Waals surface area (Å²) in [6, 6.07) is 6.40. The number of rotatable bonds is 3. The molecule has 2 heteroatoms. The van der Waals surface area contributed by atoms with E-state index in [0.717, 1.165) is 31.2 Å². The quantitative estimate of drug-likeness (QED) is 0.873. The molecule has 1 aliphatic carbocycles. The van der Waals surface area contributed by atoms with Crippen molar-refractivity contribution in [2.45, 2.75) is 39.5 Å². The first-order valence-corrected chi connectivity index (χ1v) is 7.15. The van der Waals surface area contributed by atoms with Crippen LogP contribution in [-0.4, -0.2) is 13.2 Å². The second kappa shape index (κ2) is 4.49. The molecule has 1 aromatic rings. The molecule has 0 saturated heterocycles. The number of hydrogen-bond donors (Lipinski definition) is 1. The van der Waals surface area contributed by atoms with Crippen molar-refractivity contribution in [3.8, 4) is 5.75 Å². The van der Waals surface area contributed by atoms with E-state index in [1.165, 1.54) is 30.5 Å². The molecule has 1 aromatic carbocycles. The van der Waals surface area contributed by atoms with Gasteiger partial charge in [0.1, 0.15) is 5.75 Å². The molecular formula is C16H23NO. The maximum atomic E-state index is 6.12. The van der Waals surface area contributed by atoms with Crippen molar-refractivity contribution in [1.82, 2.24) is 0 Å². The van der Waals surface area contributed by atoms with E-state index in [2.05, 4.69) is 37.4 Å². The molecule has 1 saturated carbocycles. The standard InChI is InChI=1S/C16H23NO/c1-12-6-8-16(2,10-12)11-18-14-5-3-4-13-7-9-17-15(13)14/h3-5,12,17H,6-11H2,1-2H3. The first-order valence-electron chi connectivity index (χ1n) is 7.15. The fourth-order valence-electron chi connectivity index (χ4n) is 3.45. The lowest BCUT2D eigenvalue weighted by atomic mass is 9.89. The number of fused-ring (bicyclic) bond motifs is 1. The monoisotopic (exact) mass is 245 g/mol. The predicted molar refractivity (Wildman–Crippen MR) is 75.3 cm³/mol. The molecule has 98 valence electrons. The van der Waals surface area contributed by atoms with Crippen LogP contribution in [0.3, 0.4) is 0 Å². The second-order valence-corrected chi connectivity index (χ2v) is 6.41. The first-order chi connectivity index (χ1) is 8.66. The average Bonchev–Trinajstić information content (AvgIpc) is 2.94. The molecule has 18 heavy (non-hydrogen) atoms. The predicted octanol–water partition coefficient (Wildman–Crippen LogP) is 3.86. The van der Waals surface area contributed by atoms with Gasteiger partial charge in [-0.05, 0) is 36.8 Å². The zero-order chi connectivity index (χ0) is 12.6. The van der Waals surface area contributed by atoms with Crippen molar-refractivity contribution in [2.75, 3.05) is 18.5 Å². The number of ether oxygens (including phenoxy) is 1. The fourth-order valence-corrected chi connectivity index (χ4v) is 3.45. The van der Waals surface area contributed by atoms with Crippen molar-refractivity contribution in [1.29, 1.82) is 0 Å². The van der Waals surface area contributed by atoms with Crippen molar-refractivity contribution < 1.29 is 4.74 Å². The molecule has 1 N–H and O–H groups in total. The van der Waals surface area contributed by atoms with E-state index in [4.69, 9.17) is 4.74 Å². The van der Waals surface area contributed by atoms with Gasteiger partial charge in [-0.1, -0.05) is 32.4 Å². The van der Waals surface area contributed by atoms with Gasteiger partial charge in [0.15, 0.2) is 0 Å². The molecule has 1 heterocycles. The van der Waals surface area contributed by atoms with Crippen molar-refractivity contribution in [3.05, 3.63) is 23.8 Å². The summed E-state index contributed by atoms with van der Waals surface area (Å²) in [7, 11) is 0. The van der Waals surface area contributed by atoms with Crippen LogP contribution in [0.4, 0.5) is 5.69 Å². The minimum Gasteiger partial charge on any atom is -0.491 e. The van der Waals surface area contributed by atoms with E-state index >= 15 is 0 Å². The molecule has 3 rings (SSSR count). The molecule has 2 unspecified atom stereocenters. The topological polar surface area (TPSA) is 21.3 Å². The SMILES string of the molecule is CC1CCC(C)(COc2cccc3c2NCC3)C1. The third-order valence-electron chi connectivity index (χ3n) is 4.47. The molecule has 1 aliphatic heterocycles. The minimum absolute atomic E-state index is 0.376. The van der Waals surface area contributed by atoms with Crippen LogP contribution < -0.4 is 10.1 Å². The normalized spacial score (nSPS) is 30.0. The van der Waals surface area contributed by atoms with Crippen molar-refractivity contribution in [3.63, 3.8) is 0 Å². The minimum atomic E-state index is 0.376. The Morgan fingerprint density at radius 2 is 2.33 bits per heavy atom. The number of nitrogens with one attached hydrogen (secondary N) is 1. The summed E-state index contributed by atoms with van der Waals surface area (Å²) in [5.74, 6) is 1.91. The summed E-state index contributed by atoms with van der Waals surface area (Å²) in [5, 5.41) is 3.44. The van der Waals surface area contributed by atoms with Gasteiger partial charge in [0.2, 0.25) is 0 Å². The lowest BCUT2D eigenvalue weighted by Crippen LogP contribution is -2.22. The smallest absolute Gasteiger partial charge is 0.142 e. The Morgan fingerprint density at radius 1 is 1.44 bits per heavy atom. The van der Waals surface area contributed by atoms with Gasteiger partial charge >= 0.3 is 0 Å². The van der Waals surface area contributed by atoms with Gasteiger partial charge in [-0.25, -0.2) is 0 Å². The zero-order valence-corrected chi connectivity index (χ0v) is 11.5. The molecule has 0 aromatic heterocycles. The van der Waals surface area contributed by atoms with Crippen LogP contribution in [0.25, 0.3) is 0 Å². The maximum Gasteiger partial charge on any atom is 0.142 e. The molecule has 0 spiro atoms. The molecule has 2 nitrogen and oxygen atoms in total. The molecule has 2 atom stereocenters. The van der Waals surface area contributed by atoms with Crippen LogP contribution in [0.5, 0.6) is 5.75 Å². The lowest BCUT2D eigenvalue weighted by molar-refractivity contribution is 0.165. The summed E-state index contributed by atoms with van der Waals surface area (Å²) in [6.07, 6.45) is 5.08. The number of hydrogen-bond acceptors (Lipinski definition) is 2. The molecule has 1 fully saturated rings. The third kappa shape index (κ3) is 2.21. The Labute approximate surface area is 110 Å². The number of anilines is 1. The Balaban J connectivity index is 1.69. The molecule has 0 amide bonds. The van der Waals surface area contributed by atoms with Gasteiger partial charge in [0.05, 0.1) is 12.3 Å². The van der Waals surface area contributed by atoms with Crippen LogP contribution in [0, 0.1) is 11.3 Å². The highest BCUT2D eigenvalue weighted by Crippen LogP contribution is 2.42. The zero-order valence-electron chi connectivity index (χ0n) is 11.5. The largest absolute Gasteiger partial charge is 0.491 e. The van der Waals surface area contributed by atoms with Crippen LogP contribution >= 0.6 is 0 Å². The van der Waals surface area contributed by atoms with Gasteiger partial charge in [-0.15, -0.1) is 0 Å². The van der Waals surface area contributed by atoms with Crippen LogP contribution in [-0.2, 0) is 6.42 Å². The highest BCUT2D eigenvalue weighted by Gasteiger charge is 2.34. The molecule has 2 aliphatic rings. The van der Waals surface area contributed by atoms with Crippen molar-refractivity contribution in [2.24, 2.45) is 11.3 Å². The highest BCUT2D eigenvalue weighted by molar-refractivity contribution is 5.65. The summed E-state index contributed by atoms with van der Waals surface area (Å²) < 4.78 is 6.12. The maximum absolute atomic E-state index is 6.12. The van der Waals surface area contributed by atoms with E-state index in [0.29, 0.717) is 5.41 Å². The van der Waals surface area contributed by atoms with E-state index in [-0.39, 0.29) is 0 Å². The van der Waals surface area contributed by atoms with Gasteiger partial charge in [0.25, 0.3) is 0 Å². The third-order valence-corrected chi connectivity index (χ3v) is 4.47. The van der Waals surface area contributed by atoms with Gasteiger partial charge in [-0.2, -0.15) is 0 Å². The highest BCUT2D eigenvalue weighted by atomic mass is 16.5. The molecule has 0 radical (unpaired) electrons. The lowest BCUT2D eigenvalue weighted by Gasteiger charge is -2.24. The fraction of sp³-hybridized carbons (Fsp3) is 0.625. The first kappa shape index (κ1) is 11.9. The summed E-state index contributed by atoms with van der Waals surface area (Å²) >= 11 is 0. The van der Waals surface area contributed by atoms with Gasteiger partial charge in [0, 0.05) is 12.0 Å². The van der Waals surface area contributed by atoms with E-state index in [1.54, 1.807) is 0 Å². The van der Waals surface area contributed by atoms with Crippen molar-refractivity contribution >= 4 is 5.69 Å². The number of para-hydroxylation sites is 1. The Kier molecular flexibility index (Phi) is 2.96. The summed E-state index contributed by atoms with van der Waals surface area (Å²) in [5.41, 5.74) is 3.00.